The minimum absolute atomic E-state index is 0.00459. The van der Waals surface area contributed by atoms with Crippen LogP contribution >= 0.6 is 0 Å². The van der Waals surface area contributed by atoms with E-state index in [1.165, 1.54) is 32.1 Å². The third-order valence-electron chi connectivity index (χ3n) is 7.54. The Morgan fingerprint density at radius 2 is 1.93 bits per heavy atom. The number of fused-ring (bicyclic) bond motifs is 1. The fourth-order valence-corrected chi connectivity index (χ4v) is 6.17. The second-order valence-electron chi connectivity index (χ2n) is 9.38. The van der Waals surface area contributed by atoms with E-state index in [1.54, 1.807) is 0 Å². The summed E-state index contributed by atoms with van der Waals surface area (Å²) >= 11 is 0. The molecule has 0 bridgehead atoms. The van der Waals surface area contributed by atoms with Gasteiger partial charge in [0.05, 0.1) is 0 Å². The molecule has 7 atom stereocenters. The van der Waals surface area contributed by atoms with E-state index in [0.29, 0.717) is 23.8 Å². The van der Waals surface area contributed by atoms with Crippen molar-refractivity contribution in [3.8, 4) is 0 Å². The molecule has 4 N–H and O–H groups in total. The van der Waals surface area contributed by atoms with Crippen molar-refractivity contribution in [1.29, 1.82) is 0 Å². The number of piperidine rings is 1. The first kappa shape index (κ1) is 21.6. The molecular formula is C22H38N2O4. The lowest BCUT2D eigenvalue weighted by Crippen LogP contribution is -2.56. The third kappa shape index (κ3) is 5.47. The summed E-state index contributed by atoms with van der Waals surface area (Å²) in [6, 6.07) is 0.407. The molecule has 6 heteroatoms. The molecule has 3 fully saturated rings. The summed E-state index contributed by atoms with van der Waals surface area (Å²) in [5, 5.41) is 12.6. The number of nitrogens with two attached hydrogens (primary N) is 1. The Balaban J connectivity index is 1.71. The molecule has 1 saturated heterocycles. The number of carboxylic acid groups (broad SMARTS) is 1. The van der Waals surface area contributed by atoms with Gasteiger partial charge in [0.15, 0.2) is 0 Å². The van der Waals surface area contributed by atoms with E-state index in [2.05, 4.69) is 12.2 Å². The molecule has 2 aliphatic carbocycles. The molecular weight excluding hydrogens is 356 g/mol. The van der Waals surface area contributed by atoms with Crippen LogP contribution in [-0.4, -0.2) is 35.9 Å². The predicted molar refractivity (Wildman–Crippen MR) is 107 cm³/mol. The number of hydrogen-bond acceptors (Lipinski definition) is 4. The number of carbonyl (C=O) groups is 2. The lowest BCUT2D eigenvalue weighted by atomic mass is 9.61. The Labute approximate surface area is 169 Å². The first-order chi connectivity index (χ1) is 13.5. The second-order valence-corrected chi connectivity index (χ2v) is 9.38. The molecule has 6 nitrogen and oxygen atoms in total. The molecule has 3 rings (SSSR count). The summed E-state index contributed by atoms with van der Waals surface area (Å²) in [7, 11) is 0. The fourth-order valence-electron chi connectivity index (χ4n) is 6.17. The van der Waals surface area contributed by atoms with Crippen molar-refractivity contribution >= 4 is 11.9 Å². The van der Waals surface area contributed by atoms with Gasteiger partial charge in [0.2, 0.25) is 5.91 Å². The van der Waals surface area contributed by atoms with Gasteiger partial charge >= 0.3 is 5.97 Å². The van der Waals surface area contributed by atoms with Gasteiger partial charge in [-0.05, 0) is 62.2 Å². The van der Waals surface area contributed by atoms with Gasteiger partial charge < -0.3 is 15.6 Å². The van der Waals surface area contributed by atoms with Gasteiger partial charge in [-0.1, -0.05) is 39.0 Å². The number of ether oxygens (including phenoxy) is 1. The van der Waals surface area contributed by atoms with Crippen LogP contribution in [-0.2, 0) is 14.3 Å². The van der Waals surface area contributed by atoms with Crippen LogP contribution < -0.4 is 11.1 Å². The lowest BCUT2D eigenvalue weighted by molar-refractivity contribution is -0.149. The molecule has 2 saturated carbocycles. The molecule has 1 amide bonds. The van der Waals surface area contributed by atoms with Crippen LogP contribution in [0.4, 0.5) is 0 Å². The molecule has 0 aromatic heterocycles. The molecule has 0 aromatic rings. The highest BCUT2D eigenvalue weighted by Gasteiger charge is 2.45. The van der Waals surface area contributed by atoms with Gasteiger partial charge in [-0.15, -0.1) is 0 Å². The lowest BCUT2D eigenvalue weighted by Gasteiger charge is -2.50. The van der Waals surface area contributed by atoms with Crippen LogP contribution in [0.5, 0.6) is 0 Å². The summed E-state index contributed by atoms with van der Waals surface area (Å²) in [4.78, 5) is 22.8. The number of nitrogens with one attached hydrogen (secondary N) is 1. The number of rotatable bonds is 8. The maximum absolute atomic E-state index is 11.8. The number of primary amides is 1. The van der Waals surface area contributed by atoms with Crippen molar-refractivity contribution < 1.29 is 19.4 Å². The molecule has 28 heavy (non-hydrogen) atoms. The van der Waals surface area contributed by atoms with Crippen LogP contribution in [0.1, 0.15) is 77.6 Å². The maximum Gasteiger partial charge on any atom is 0.329 e. The number of carbonyl (C=O) groups excluding carboxylic acids is 1. The van der Waals surface area contributed by atoms with Crippen molar-refractivity contribution in [1.82, 2.24) is 5.32 Å². The van der Waals surface area contributed by atoms with Crippen LogP contribution in [0.25, 0.3) is 0 Å². The smallest absolute Gasteiger partial charge is 0.329 e. The second kappa shape index (κ2) is 10.1. The number of carboxylic acids is 1. The van der Waals surface area contributed by atoms with Gasteiger partial charge in [-0.25, -0.2) is 4.79 Å². The minimum Gasteiger partial charge on any atom is -0.480 e. The highest BCUT2D eigenvalue weighted by atomic mass is 16.5. The highest BCUT2D eigenvalue weighted by molar-refractivity contribution is 5.76. The average molecular weight is 395 g/mol. The number of hydrogen-bond donors (Lipinski definition) is 3. The van der Waals surface area contributed by atoms with Crippen molar-refractivity contribution in [2.24, 2.45) is 35.3 Å². The summed E-state index contributed by atoms with van der Waals surface area (Å²) in [6.45, 7) is 2.00. The van der Waals surface area contributed by atoms with Crippen molar-refractivity contribution in [3.05, 3.63) is 0 Å². The number of aliphatic carboxylic acids is 1. The number of amides is 1. The van der Waals surface area contributed by atoms with Crippen LogP contribution in [0.2, 0.25) is 0 Å². The van der Waals surface area contributed by atoms with E-state index < -0.39 is 5.97 Å². The van der Waals surface area contributed by atoms with E-state index >= 15 is 0 Å². The van der Waals surface area contributed by atoms with Crippen molar-refractivity contribution in [2.75, 3.05) is 6.61 Å². The first-order valence-corrected chi connectivity index (χ1v) is 11.4. The van der Waals surface area contributed by atoms with Crippen LogP contribution in [0, 0.1) is 29.6 Å². The average Bonchev–Trinajstić information content (AvgIpc) is 2.70. The minimum atomic E-state index is -0.921. The van der Waals surface area contributed by atoms with Gasteiger partial charge in [0.1, 0.15) is 12.8 Å². The van der Waals surface area contributed by atoms with Crippen LogP contribution in [0.3, 0.4) is 0 Å². The zero-order valence-electron chi connectivity index (χ0n) is 17.3. The molecule has 1 heterocycles. The van der Waals surface area contributed by atoms with E-state index in [-0.39, 0.29) is 24.7 Å². The van der Waals surface area contributed by atoms with E-state index in [9.17, 15) is 9.59 Å². The summed E-state index contributed by atoms with van der Waals surface area (Å²) in [5.74, 6) is 1.34. The van der Waals surface area contributed by atoms with Crippen LogP contribution in [0.15, 0.2) is 0 Å². The van der Waals surface area contributed by atoms with E-state index in [4.69, 9.17) is 15.6 Å². The zero-order valence-corrected chi connectivity index (χ0v) is 17.3. The summed E-state index contributed by atoms with van der Waals surface area (Å²) in [6.07, 6.45) is 12.2. The summed E-state index contributed by atoms with van der Waals surface area (Å²) in [5.41, 5.74) is 5.63. The first-order valence-electron chi connectivity index (χ1n) is 11.4. The monoisotopic (exact) mass is 394 g/mol. The Bertz CT molecular complexity index is 541. The van der Waals surface area contributed by atoms with Crippen molar-refractivity contribution in [2.45, 2.75) is 89.8 Å². The maximum atomic E-state index is 11.8. The zero-order chi connectivity index (χ0) is 20.1. The largest absolute Gasteiger partial charge is 0.480 e. The normalized spacial score (nSPS) is 38.5. The third-order valence-corrected chi connectivity index (χ3v) is 7.54. The Kier molecular flexibility index (Phi) is 7.75. The molecule has 0 radical (unpaired) electrons. The van der Waals surface area contributed by atoms with E-state index in [1.807, 2.05) is 0 Å². The van der Waals surface area contributed by atoms with Gasteiger partial charge in [-0.3, -0.25) is 10.1 Å². The molecule has 7 unspecified atom stereocenters. The SMILES string of the molecule is CCCCC1CCC2NC(OCC(=O)O)CC(C3CCCC(C(N)=O)C3)C2C1. The standard InChI is InChI=1S/C22H38N2O4/c1-2-3-5-14-8-9-19-18(10-14)17(12-20(24-19)28-13-21(25)26)15-6-4-7-16(11-15)22(23)27/h14-20,24H,2-13H2,1H3,(H2,23,27)(H,25,26). The Hall–Kier alpha value is -1.14. The quantitative estimate of drug-likeness (QED) is 0.586. The molecule has 0 spiro atoms. The Morgan fingerprint density at radius 3 is 2.64 bits per heavy atom. The predicted octanol–water partition coefficient (Wildman–Crippen LogP) is 3.29. The van der Waals surface area contributed by atoms with E-state index in [0.717, 1.165) is 44.4 Å². The topological polar surface area (TPSA) is 102 Å². The van der Waals surface area contributed by atoms with Gasteiger partial charge in [0.25, 0.3) is 0 Å². The number of unbranched alkanes of at least 4 members (excludes halogenated alkanes) is 1. The molecule has 160 valence electrons. The Morgan fingerprint density at radius 1 is 1.11 bits per heavy atom. The molecule has 0 aromatic carbocycles. The fraction of sp³-hybridized carbons (Fsp3) is 0.909. The highest BCUT2D eigenvalue weighted by Crippen LogP contribution is 2.47. The van der Waals surface area contributed by atoms with Gasteiger partial charge in [0, 0.05) is 12.0 Å². The van der Waals surface area contributed by atoms with Crippen molar-refractivity contribution in [3.63, 3.8) is 0 Å². The molecule has 3 aliphatic rings. The van der Waals surface area contributed by atoms with Gasteiger partial charge in [-0.2, -0.15) is 0 Å². The summed E-state index contributed by atoms with van der Waals surface area (Å²) < 4.78 is 5.68. The molecule has 1 aliphatic heterocycles.